The summed E-state index contributed by atoms with van der Waals surface area (Å²) in [5, 5.41) is 4.56. The number of rotatable bonds is 3. The summed E-state index contributed by atoms with van der Waals surface area (Å²) in [5.74, 6) is 0.730. The van der Waals surface area contributed by atoms with E-state index in [1.54, 1.807) is 11.3 Å². The third kappa shape index (κ3) is 2.65. The molecule has 0 N–H and O–H groups in total. The molecule has 0 spiro atoms. The first-order valence-electron chi connectivity index (χ1n) is 5.60. The van der Waals surface area contributed by atoms with Crippen molar-refractivity contribution in [2.24, 2.45) is 0 Å². The van der Waals surface area contributed by atoms with Gasteiger partial charge in [0.25, 0.3) is 0 Å². The molecular weight excluding hydrogens is 273 g/mol. The molecule has 1 nitrogen and oxygen atoms in total. The predicted octanol–water partition coefficient (Wildman–Crippen LogP) is 4.92. The van der Waals surface area contributed by atoms with Crippen LogP contribution in [-0.4, -0.2) is 4.98 Å². The van der Waals surface area contributed by atoms with Gasteiger partial charge in [0, 0.05) is 17.7 Å². The van der Waals surface area contributed by atoms with Crippen molar-refractivity contribution in [2.75, 3.05) is 0 Å². The molecule has 88 valence electrons. The van der Waals surface area contributed by atoms with Crippen LogP contribution in [0.2, 0.25) is 10.0 Å². The zero-order valence-electron chi connectivity index (χ0n) is 9.12. The van der Waals surface area contributed by atoms with E-state index in [2.05, 4.69) is 10.4 Å². The van der Waals surface area contributed by atoms with Crippen molar-refractivity contribution >= 4 is 34.5 Å². The monoisotopic (exact) mass is 283 g/mol. The van der Waals surface area contributed by atoms with Crippen LogP contribution in [0.1, 0.15) is 35.0 Å². The number of halogens is 2. The van der Waals surface area contributed by atoms with E-state index in [9.17, 15) is 0 Å². The predicted molar refractivity (Wildman–Crippen MR) is 73.4 cm³/mol. The number of hydrogen-bond donors (Lipinski definition) is 0. The first-order valence-corrected chi connectivity index (χ1v) is 7.24. The van der Waals surface area contributed by atoms with Gasteiger partial charge in [0.2, 0.25) is 0 Å². The van der Waals surface area contributed by atoms with E-state index < -0.39 is 0 Å². The van der Waals surface area contributed by atoms with E-state index in [-0.39, 0.29) is 0 Å². The maximum Gasteiger partial charge on any atom is 0.0972 e. The maximum atomic E-state index is 6.00. The molecule has 17 heavy (non-hydrogen) atoms. The maximum absolute atomic E-state index is 6.00. The number of benzene rings is 1. The van der Waals surface area contributed by atoms with E-state index in [0.29, 0.717) is 10.0 Å². The molecule has 0 unspecified atom stereocenters. The summed E-state index contributed by atoms with van der Waals surface area (Å²) in [7, 11) is 0. The second-order valence-corrected chi connectivity index (χ2v) is 6.12. The molecular formula is C13H11Cl2NS. The van der Waals surface area contributed by atoms with Gasteiger partial charge >= 0.3 is 0 Å². The van der Waals surface area contributed by atoms with E-state index in [0.717, 1.165) is 22.9 Å². The van der Waals surface area contributed by atoms with Gasteiger partial charge in [-0.25, -0.2) is 4.98 Å². The molecule has 1 aromatic carbocycles. The van der Waals surface area contributed by atoms with Crippen molar-refractivity contribution < 1.29 is 0 Å². The van der Waals surface area contributed by atoms with E-state index in [1.165, 1.54) is 18.5 Å². The van der Waals surface area contributed by atoms with Crippen LogP contribution in [0.4, 0.5) is 0 Å². The highest BCUT2D eigenvalue weighted by Crippen LogP contribution is 2.40. The normalized spacial score (nSPS) is 15.2. The SMILES string of the molecule is Clc1ccc(Cc2nc(C3CC3)cs2)cc1Cl. The lowest BCUT2D eigenvalue weighted by molar-refractivity contribution is 1.01. The Balaban J connectivity index is 1.78. The van der Waals surface area contributed by atoms with Crippen LogP contribution in [0, 0.1) is 0 Å². The largest absolute Gasteiger partial charge is 0.246 e. The second-order valence-electron chi connectivity index (χ2n) is 4.37. The minimum Gasteiger partial charge on any atom is -0.246 e. The summed E-state index contributed by atoms with van der Waals surface area (Å²) < 4.78 is 0. The van der Waals surface area contributed by atoms with Gasteiger partial charge < -0.3 is 0 Å². The standard InChI is InChI=1S/C13H11Cl2NS/c14-10-4-1-8(5-11(10)15)6-13-16-12(7-17-13)9-2-3-9/h1,4-5,7,9H,2-3,6H2. The van der Waals surface area contributed by atoms with Gasteiger partial charge in [0.1, 0.15) is 0 Å². The van der Waals surface area contributed by atoms with Crippen molar-refractivity contribution in [1.29, 1.82) is 0 Å². The molecule has 0 radical (unpaired) electrons. The molecule has 2 aromatic rings. The molecule has 0 aliphatic heterocycles. The molecule has 1 heterocycles. The molecule has 0 atom stereocenters. The Labute approximate surface area is 114 Å². The summed E-state index contributed by atoms with van der Waals surface area (Å²) in [6.45, 7) is 0. The van der Waals surface area contributed by atoms with Crippen LogP contribution in [0.3, 0.4) is 0 Å². The zero-order valence-corrected chi connectivity index (χ0v) is 11.4. The number of thiazole rings is 1. The summed E-state index contributed by atoms with van der Waals surface area (Å²) >= 11 is 13.6. The average Bonchev–Trinajstić information content (AvgIpc) is 3.06. The fraction of sp³-hybridized carbons (Fsp3) is 0.308. The van der Waals surface area contributed by atoms with Gasteiger partial charge in [-0.15, -0.1) is 11.3 Å². The molecule has 1 aromatic heterocycles. The van der Waals surface area contributed by atoms with Crippen LogP contribution >= 0.6 is 34.5 Å². The summed E-state index contributed by atoms with van der Waals surface area (Å²) in [6.07, 6.45) is 3.44. The fourth-order valence-electron chi connectivity index (χ4n) is 1.80. The lowest BCUT2D eigenvalue weighted by Crippen LogP contribution is -1.88. The van der Waals surface area contributed by atoms with Crippen LogP contribution in [-0.2, 0) is 6.42 Å². The van der Waals surface area contributed by atoms with Crippen molar-refractivity contribution in [3.8, 4) is 0 Å². The quantitative estimate of drug-likeness (QED) is 0.779. The Hall–Kier alpha value is -0.570. The highest BCUT2D eigenvalue weighted by Gasteiger charge is 2.25. The molecule has 1 fully saturated rings. The summed E-state index contributed by atoms with van der Waals surface area (Å²) in [6, 6.07) is 5.77. The Morgan fingerprint density at radius 2 is 2.06 bits per heavy atom. The number of aromatic nitrogens is 1. The second kappa shape index (κ2) is 4.60. The molecule has 0 saturated heterocycles. The van der Waals surface area contributed by atoms with Crippen molar-refractivity contribution in [2.45, 2.75) is 25.2 Å². The molecule has 1 aliphatic rings. The third-order valence-electron chi connectivity index (χ3n) is 2.90. The lowest BCUT2D eigenvalue weighted by Gasteiger charge is -2.00. The molecule has 3 rings (SSSR count). The van der Waals surface area contributed by atoms with Gasteiger partial charge in [-0.05, 0) is 30.5 Å². The molecule has 4 heteroatoms. The summed E-state index contributed by atoms with van der Waals surface area (Å²) in [5.41, 5.74) is 2.43. The first kappa shape index (κ1) is 11.5. The lowest BCUT2D eigenvalue weighted by atomic mass is 10.1. The molecule has 0 amide bonds. The van der Waals surface area contributed by atoms with Gasteiger partial charge in [0.05, 0.1) is 20.7 Å². The van der Waals surface area contributed by atoms with Gasteiger partial charge in [-0.2, -0.15) is 0 Å². The van der Waals surface area contributed by atoms with Crippen LogP contribution in [0.15, 0.2) is 23.6 Å². The van der Waals surface area contributed by atoms with E-state index >= 15 is 0 Å². The smallest absolute Gasteiger partial charge is 0.0972 e. The van der Waals surface area contributed by atoms with Crippen LogP contribution in [0.5, 0.6) is 0 Å². The van der Waals surface area contributed by atoms with Crippen LogP contribution < -0.4 is 0 Å². The highest BCUT2D eigenvalue weighted by atomic mass is 35.5. The fourth-order valence-corrected chi connectivity index (χ4v) is 3.03. The van der Waals surface area contributed by atoms with E-state index in [1.807, 2.05) is 18.2 Å². The first-order chi connectivity index (χ1) is 8.22. The molecule has 1 saturated carbocycles. The van der Waals surface area contributed by atoms with Crippen molar-refractivity contribution in [3.63, 3.8) is 0 Å². The van der Waals surface area contributed by atoms with Crippen molar-refractivity contribution in [1.82, 2.24) is 4.98 Å². The average molecular weight is 284 g/mol. The minimum absolute atomic E-state index is 0.605. The van der Waals surface area contributed by atoms with Gasteiger partial charge in [0.15, 0.2) is 0 Å². The van der Waals surface area contributed by atoms with Crippen LogP contribution in [0.25, 0.3) is 0 Å². The number of nitrogens with zero attached hydrogens (tertiary/aromatic N) is 1. The summed E-state index contributed by atoms with van der Waals surface area (Å²) in [4.78, 5) is 4.66. The van der Waals surface area contributed by atoms with Gasteiger partial charge in [-0.3, -0.25) is 0 Å². The molecule has 0 bridgehead atoms. The van der Waals surface area contributed by atoms with Crippen molar-refractivity contribution in [3.05, 3.63) is 49.9 Å². The minimum atomic E-state index is 0.605. The highest BCUT2D eigenvalue weighted by molar-refractivity contribution is 7.09. The molecule has 1 aliphatic carbocycles. The zero-order chi connectivity index (χ0) is 11.8. The van der Waals surface area contributed by atoms with E-state index in [4.69, 9.17) is 23.2 Å². The number of hydrogen-bond acceptors (Lipinski definition) is 2. The Morgan fingerprint density at radius 1 is 1.24 bits per heavy atom. The van der Waals surface area contributed by atoms with Gasteiger partial charge in [-0.1, -0.05) is 29.3 Å². The Morgan fingerprint density at radius 3 is 2.76 bits per heavy atom. The Kier molecular flexibility index (Phi) is 3.12. The Bertz CT molecular complexity index is 546. The third-order valence-corrected chi connectivity index (χ3v) is 4.51. The topological polar surface area (TPSA) is 12.9 Å².